The van der Waals surface area contributed by atoms with E-state index in [1.54, 1.807) is 36.4 Å². The summed E-state index contributed by atoms with van der Waals surface area (Å²) in [5.41, 5.74) is 17.5. The first kappa shape index (κ1) is 25.2. The molecular weight excluding hydrogens is 439 g/mol. The number of aliphatic imine (C=N–C) groups is 1. The molecule has 11 heteroatoms. The zero-order chi connectivity index (χ0) is 24.8. The standard InChI is InChI=1S/C22H24F3N5O3/c1-12(22(23,24)25)30-19(27)17(20(28)31)18(26)14-9-7-13(8-10-14)11-29-21(32)15-5-3-4-6-16(15)33-2/h3-10,12H,11,26H2,1-2H3,(H2,27,30)(H2,28,31)(H,29,32). The van der Waals surface area contributed by atoms with Gasteiger partial charge >= 0.3 is 6.18 Å². The molecule has 0 spiro atoms. The number of nitrogens with zero attached hydrogens (tertiary/aromatic N) is 1. The van der Waals surface area contributed by atoms with Crippen molar-refractivity contribution in [1.29, 1.82) is 0 Å². The van der Waals surface area contributed by atoms with Crippen molar-refractivity contribution in [3.05, 3.63) is 70.8 Å². The minimum atomic E-state index is -4.64. The number of carbonyl (C=O) groups excluding carboxylic acids is 2. The molecule has 0 saturated heterocycles. The van der Waals surface area contributed by atoms with Gasteiger partial charge in [0, 0.05) is 6.54 Å². The number of rotatable bonds is 8. The van der Waals surface area contributed by atoms with E-state index in [-0.39, 0.29) is 18.1 Å². The highest BCUT2D eigenvalue weighted by molar-refractivity contribution is 6.24. The van der Waals surface area contributed by atoms with E-state index >= 15 is 0 Å². The number of hydrogen-bond donors (Lipinski definition) is 4. The summed E-state index contributed by atoms with van der Waals surface area (Å²) in [6, 6.07) is 10.9. The second kappa shape index (κ2) is 10.5. The van der Waals surface area contributed by atoms with Gasteiger partial charge in [-0.1, -0.05) is 36.4 Å². The molecule has 2 amide bonds. The largest absolute Gasteiger partial charge is 0.496 e. The topological polar surface area (TPSA) is 146 Å². The first-order chi connectivity index (χ1) is 15.5. The van der Waals surface area contributed by atoms with Gasteiger partial charge < -0.3 is 27.3 Å². The Balaban J connectivity index is 2.21. The van der Waals surface area contributed by atoms with E-state index in [0.29, 0.717) is 22.4 Å². The number of hydrogen-bond acceptors (Lipinski definition) is 5. The van der Waals surface area contributed by atoms with E-state index in [9.17, 15) is 22.8 Å². The molecule has 0 aliphatic heterocycles. The first-order valence-corrected chi connectivity index (χ1v) is 9.66. The van der Waals surface area contributed by atoms with Crippen LogP contribution in [-0.2, 0) is 11.3 Å². The summed E-state index contributed by atoms with van der Waals surface area (Å²) < 4.78 is 43.4. The number of nitrogens with one attached hydrogen (secondary N) is 1. The van der Waals surface area contributed by atoms with Crippen LogP contribution in [0.2, 0.25) is 0 Å². The van der Waals surface area contributed by atoms with Gasteiger partial charge in [-0.15, -0.1) is 0 Å². The van der Waals surface area contributed by atoms with Gasteiger partial charge in [-0.05, 0) is 30.2 Å². The maximum absolute atomic E-state index is 12.8. The van der Waals surface area contributed by atoms with Gasteiger partial charge in [0.15, 0.2) is 0 Å². The third kappa shape index (κ3) is 6.48. The van der Waals surface area contributed by atoms with Crippen molar-refractivity contribution in [1.82, 2.24) is 5.32 Å². The molecule has 0 bridgehead atoms. The Morgan fingerprint density at radius 2 is 1.67 bits per heavy atom. The van der Waals surface area contributed by atoms with Crippen LogP contribution in [-0.4, -0.2) is 37.0 Å². The Bertz CT molecular complexity index is 1080. The van der Waals surface area contributed by atoms with Crippen LogP contribution >= 0.6 is 0 Å². The molecule has 33 heavy (non-hydrogen) atoms. The van der Waals surface area contributed by atoms with Crippen LogP contribution in [0.1, 0.15) is 28.4 Å². The van der Waals surface area contributed by atoms with Crippen LogP contribution in [0, 0.1) is 0 Å². The van der Waals surface area contributed by atoms with Crippen LogP contribution in [0.3, 0.4) is 0 Å². The molecule has 0 saturated carbocycles. The van der Waals surface area contributed by atoms with Crippen molar-refractivity contribution in [2.24, 2.45) is 22.2 Å². The maximum Gasteiger partial charge on any atom is 0.410 e. The lowest BCUT2D eigenvalue weighted by atomic mass is 10.0. The molecule has 8 nitrogen and oxygen atoms in total. The van der Waals surface area contributed by atoms with E-state index in [1.807, 2.05) is 0 Å². The zero-order valence-corrected chi connectivity index (χ0v) is 17.9. The number of carbonyl (C=O) groups is 2. The van der Waals surface area contributed by atoms with Gasteiger partial charge in [0.05, 0.1) is 18.4 Å². The van der Waals surface area contributed by atoms with Crippen molar-refractivity contribution >= 4 is 23.3 Å². The molecule has 7 N–H and O–H groups in total. The summed E-state index contributed by atoms with van der Waals surface area (Å²) >= 11 is 0. The third-order valence-electron chi connectivity index (χ3n) is 4.65. The molecule has 2 rings (SSSR count). The van der Waals surface area contributed by atoms with E-state index in [0.717, 1.165) is 6.92 Å². The molecular formula is C22H24F3N5O3. The number of amides is 2. The predicted octanol–water partition coefficient (Wildman–Crippen LogP) is 2.09. The van der Waals surface area contributed by atoms with E-state index in [1.165, 1.54) is 19.2 Å². The predicted molar refractivity (Wildman–Crippen MR) is 118 cm³/mol. The summed E-state index contributed by atoms with van der Waals surface area (Å²) in [4.78, 5) is 27.5. The number of para-hydroxylation sites is 1. The summed E-state index contributed by atoms with van der Waals surface area (Å²) in [6.07, 6.45) is -4.64. The molecule has 2 aromatic rings. The highest BCUT2D eigenvalue weighted by Crippen LogP contribution is 2.23. The van der Waals surface area contributed by atoms with Gasteiger partial charge in [0.1, 0.15) is 23.2 Å². The van der Waals surface area contributed by atoms with Gasteiger partial charge in [-0.25, -0.2) is 0 Å². The van der Waals surface area contributed by atoms with Crippen molar-refractivity contribution in [2.45, 2.75) is 25.7 Å². The smallest absolute Gasteiger partial charge is 0.410 e. The van der Waals surface area contributed by atoms with E-state index in [4.69, 9.17) is 21.9 Å². The number of alkyl halides is 3. The van der Waals surface area contributed by atoms with Crippen molar-refractivity contribution < 1.29 is 27.5 Å². The van der Waals surface area contributed by atoms with Crippen molar-refractivity contribution in [3.63, 3.8) is 0 Å². The minimum Gasteiger partial charge on any atom is -0.496 e. The number of amidine groups is 1. The Kier molecular flexibility index (Phi) is 8.05. The van der Waals surface area contributed by atoms with Gasteiger partial charge in [0.25, 0.3) is 11.8 Å². The Labute approximate surface area is 188 Å². The fraction of sp³-hybridized carbons (Fsp3) is 0.227. The minimum absolute atomic E-state index is 0.177. The second-order valence-electron chi connectivity index (χ2n) is 6.96. The molecule has 1 atom stereocenters. The van der Waals surface area contributed by atoms with Crippen LogP contribution in [0.15, 0.2) is 59.1 Å². The monoisotopic (exact) mass is 463 g/mol. The second-order valence-corrected chi connectivity index (χ2v) is 6.96. The Morgan fingerprint density at radius 3 is 2.21 bits per heavy atom. The highest BCUT2D eigenvalue weighted by Gasteiger charge is 2.36. The van der Waals surface area contributed by atoms with E-state index in [2.05, 4.69) is 10.3 Å². The van der Waals surface area contributed by atoms with E-state index < -0.39 is 29.5 Å². The SMILES string of the molecule is COc1ccccc1C(=O)NCc1ccc(C(N)=C(C(N)=O)C(N)=NC(C)C(F)(F)F)cc1. The zero-order valence-electron chi connectivity index (χ0n) is 17.9. The summed E-state index contributed by atoms with van der Waals surface area (Å²) in [6.45, 7) is 0.964. The number of halogens is 3. The van der Waals surface area contributed by atoms with Gasteiger partial charge in [-0.3, -0.25) is 14.6 Å². The number of benzene rings is 2. The normalized spacial score (nSPS) is 13.7. The van der Waals surface area contributed by atoms with Gasteiger partial charge in [-0.2, -0.15) is 13.2 Å². The molecule has 0 fully saturated rings. The van der Waals surface area contributed by atoms with Crippen LogP contribution in [0.4, 0.5) is 13.2 Å². The number of nitrogens with two attached hydrogens (primary N) is 3. The number of methoxy groups -OCH3 is 1. The summed E-state index contributed by atoms with van der Waals surface area (Å²) in [5, 5.41) is 2.75. The lowest BCUT2D eigenvalue weighted by Crippen LogP contribution is -2.33. The average molecular weight is 463 g/mol. The van der Waals surface area contributed by atoms with Gasteiger partial charge in [0.2, 0.25) is 0 Å². The Hall–Kier alpha value is -4.02. The molecule has 0 radical (unpaired) electrons. The molecule has 0 aromatic heterocycles. The highest BCUT2D eigenvalue weighted by atomic mass is 19.4. The molecule has 176 valence electrons. The molecule has 0 heterocycles. The van der Waals surface area contributed by atoms with Crippen LogP contribution in [0.5, 0.6) is 5.75 Å². The third-order valence-corrected chi connectivity index (χ3v) is 4.65. The van der Waals surface area contributed by atoms with Crippen molar-refractivity contribution in [3.8, 4) is 5.75 Å². The quantitative estimate of drug-likeness (QED) is 0.269. The molecule has 0 aliphatic carbocycles. The lowest BCUT2D eigenvalue weighted by Gasteiger charge is -2.14. The number of primary amides is 1. The first-order valence-electron chi connectivity index (χ1n) is 9.66. The molecule has 0 aliphatic rings. The average Bonchev–Trinajstić information content (AvgIpc) is 2.76. The molecule has 2 aromatic carbocycles. The van der Waals surface area contributed by atoms with Crippen LogP contribution in [0.25, 0.3) is 5.70 Å². The summed E-state index contributed by atoms with van der Waals surface area (Å²) in [5.74, 6) is -1.73. The Morgan fingerprint density at radius 1 is 1.06 bits per heavy atom. The fourth-order valence-corrected chi connectivity index (χ4v) is 2.80. The maximum atomic E-state index is 12.8. The number of ether oxygens (including phenoxy) is 1. The fourth-order valence-electron chi connectivity index (χ4n) is 2.80. The molecule has 1 unspecified atom stereocenters. The lowest BCUT2D eigenvalue weighted by molar-refractivity contribution is -0.142. The van der Waals surface area contributed by atoms with Crippen LogP contribution < -0.4 is 27.3 Å². The summed E-state index contributed by atoms with van der Waals surface area (Å²) in [7, 11) is 1.46. The van der Waals surface area contributed by atoms with Crippen molar-refractivity contribution in [2.75, 3.05) is 7.11 Å².